The molecule has 2 N–H and O–H groups in total. The number of amides is 1. The highest BCUT2D eigenvalue weighted by Gasteiger charge is 2.55. The van der Waals surface area contributed by atoms with Crippen LogP contribution in [0.5, 0.6) is 0 Å². The van der Waals surface area contributed by atoms with Crippen LogP contribution in [0.4, 0.5) is 0 Å². The van der Waals surface area contributed by atoms with Crippen LogP contribution in [0.3, 0.4) is 0 Å². The van der Waals surface area contributed by atoms with Crippen LogP contribution in [-0.2, 0) is 9.53 Å². The van der Waals surface area contributed by atoms with Crippen molar-refractivity contribution >= 4 is 5.91 Å². The molecule has 114 valence electrons. The minimum Gasteiger partial charge on any atom is -0.379 e. The van der Waals surface area contributed by atoms with Gasteiger partial charge in [0, 0.05) is 18.6 Å². The predicted octanol–water partition coefficient (Wildman–Crippen LogP) is 1.78. The van der Waals surface area contributed by atoms with E-state index >= 15 is 0 Å². The molecule has 4 atom stereocenters. The summed E-state index contributed by atoms with van der Waals surface area (Å²) in [4.78, 5) is 15.2. The first-order valence-corrected chi connectivity index (χ1v) is 7.80. The Morgan fingerprint density at radius 3 is 2.55 bits per heavy atom. The number of likely N-dealkylation sites (tertiary alicyclic amines) is 1. The third-order valence-corrected chi connectivity index (χ3v) is 5.68. The molecule has 2 saturated heterocycles. The van der Waals surface area contributed by atoms with Crippen LogP contribution in [0.1, 0.15) is 47.0 Å². The van der Waals surface area contributed by atoms with Crippen molar-refractivity contribution in [3.8, 4) is 0 Å². The Labute approximate surface area is 122 Å². The van der Waals surface area contributed by atoms with E-state index in [0.29, 0.717) is 24.7 Å². The number of nitrogens with two attached hydrogens (primary N) is 1. The standard InChI is InChI=1S/C16H28N2O2/c1-14(2)5-11-6-15(3,8-14)9-18(11)13(19)16(4)10-20-7-12(16)17/h11-12H,5-10,17H2,1-4H3. The van der Waals surface area contributed by atoms with Crippen LogP contribution in [0, 0.1) is 16.2 Å². The van der Waals surface area contributed by atoms with Crippen molar-refractivity contribution < 1.29 is 9.53 Å². The molecule has 1 amide bonds. The van der Waals surface area contributed by atoms with Gasteiger partial charge in [-0.15, -0.1) is 0 Å². The summed E-state index contributed by atoms with van der Waals surface area (Å²) in [6, 6.07) is 0.220. The first kappa shape index (κ1) is 14.3. The Bertz CT molecular complexity index is 436. The number of ether oxygens (including phenoxy) is 1. The topological polar surface area (TPSA) is 55.6 Å². The molecule has 4 nitrogen and oxygen atoms in total. The zero-order valence-electron chi connectivity index (χ0n) is 13.2. The second-order valence-corrected chi connectivity index (χ2v) is 8.69. The van der Waals surface area contributed by atoms with Crippen LogP contribution >= 0.6 is 0 Å². The highest BCUT2D eigenvalue weighted by molar-refractivity contribution is 5.84. The SMILES string of the molecule is CC1(C)CC2CC(C)(CN2C(=O)C2(C)COCC2N)C1. The molecule has 0 aromatic heterocycles. The molecule has 0 aromatic rings. The summed E-state index contributed by atoms with van der Waals surface area (Å²) in [5.74, 6) is 0.217. The number of carbonyl (C=O) groups excluding carboxylic acids is 1. The summed E-state index contributed by atoms with van der Waals surface area (Å²) in [7, 11) is 0. The maximum Gasteiger partial charge on any atom is 0.232 e. The molecular formula is C16H28N2O2. The zero-order chi connectivity index (χ0) is 14.8. The number of fused-ring (bicyclic) bond motifs is 2. The monoisotopic (exact) mass is 280 g/mol. The van der Waals surface area contributed by atoms with Crippen LogP contribution in [0.2, 0.25) is 0 Å². The average Bonchev–Trinajstić information content (AvgIpc) is 2.76. The number of rotatable bonds is 1. The van der Waals surface area contributed by atoms with Crippen molar-refractivity contribution in [2.45, 2.75) is 59.0 Å². The Morgan fingerprint density at radius 2 is 1.95 bits per heavy atom. The molecule has 3 aliphatic rings. The molecule has 1 saturated carbocycles. The van der Waals surface area contributed by atoms with Gasteiger partial charge in [-0.25, -0.2) is 0 Å². The number of hydrogen-bond acceptors (Lipinski definition) is 3. The van der Waals surface area contributed by atoms with Crippen molar-refractivity contribution in [1.82, 2.24) is 4.90 Å². The summed E-state index contributed by atoms with van der Waals surface area (Å²) >= 11 is 0. The average molecular weight is 280 g/mol. The largest absolute Gasteiger partial charge is 0.379 e. The molecule has 1 aliphatic carbocycles. The van der Waals surface area contributed by atoms with Gasteiger partial charge in [0.25, 0.3) is 0 Å². The van der Waals surface area contributed by atoms with Crippen molar-refractivity contribution in [2.24, 2.45) is 22.0 Å². The smallest absolute Gasteiger partial charge is 0.232 e. The van der Waals surface area contributed by atoms with E-state index in [1.807, 2.05) is 6.92 Å². The normalized spacial score (nSPS) is 46.8. The minimum atomic E-state index is -0.530. The van der Waals surface area contributed by atoms with Crippen LogP contribution < -0.4 is 5.73 Å². The number of carbonyl (C=O) groups is 1. The van der Waals surface area contributed by atoms with Gasteiger partial charge in [0.15, 0.2) is 0 Å². The maximum atomic E-state index is 13.0. The van der Waals surface area contributed by atoms with Crippen molar-refractivity contribution in [2.75, 3.05) is 19.8 Å². The molecule has 0 spiro atoms. The lowest BCUT2D eigenvalue weighted by Gasteiger charge is -2.40. The molecule has 4 unspecified atom stereocenters. The summed E-state index contributed by atoms with van der Waals surface area (Å²) in [5.41, 5.74) is 6.22. The number of hydrogen-bond donors (Lipinski definition) is 1. The fraction of sp³-hybridized carbons (Fsp3) is 0.938. The van der Waals surface area contributed by atoms with E-state index in [0.717, 1.165) is 19.4 Å². The van der Waals surface area contributed by atoms with Gasteiger partial charge in [0.05, 0.1) is 18.6 Å². The van der Waals surface area contributed by atoms with Crippen molar-refractivity contribution in [1.29, 1.82) is 0 Å². The molecular weight excluding hydrogens is 252 g/mol. The summed E-state index contributed by atoms with van der Waals surface area (Å²) in [5, 5.41) is 0. The van der Waals surface area contributed by atoms with E-state index < -0.39 is 5.41 Å². The van der Waals surface area contributed by atoms with Gasteiger partial charge < -0.3 is 15.4 Å². The predicted molar refractivity (Wildman–Crippen MR) is 78.1 cm³/mol. The fourth-order valence-corrected chi connectivity index (χ4v) is 4.93. The lowest BCUT2D eigenvalue weighted by atomic mass is 9.65. The van der Waals surface area contributed by atoms with E-state index in [4.69, 9.17) is 10.5 Å². The van der Waals surface area contributed by atoms with E-state index in [9.17, 15) is 4.79 Å². The summed E-state index contributed by atoms with van der Waals surface area (Å²) in [6.45, 7) is 10.8. The van der Waals surface area contributed by atoms with Crippen molar-refractivity contribution in [3.05, 3.63) is 0 Å². The quantitative estimate of drug-likeness (QED) is 0.796. The van der Waals surface area contributed by atoms with Gasteiger partial charge in [-0.05, 0) is 37.0 Å². The van der Waals surface area contributed by atoms with E-state index in [-0.39, 0.29) is 17.4 Å². The Balaban J connectivity index is 1.84. The lowest BCUT2D eigenvalue weighted by Crippen LogP contribution is -2.53. The first-order chi connectivity index (χ1) is 9.15. The van der Waals surface area contributed by atoms with Gasteiger partial charge >= 0.3 is 0 Å². The highest BCUT2D eigenvalue weighted by atomic mass is 16.5. The molecule has 3 fully saturated rings. The Hall–Kier alpha value is -0.610. The fourth-order valence-electron chi connectivity index (χ4n) is 4.93. The van der Waals surface area contributed by atoms with Gasteiger partial charge in [-0.2, -0.15) is 0 Å². The van der Waals surface area contributed by atoms with Gasteiger partial charge in [-0.1, -0.05) is 20.8 Å². The molecule has 2 bridgehead atoms. The van der Waals surface area contributed by atoms with E-state index in [1.54, 1.807) is 0 Å². The first-order valence-electron chi connectivity index (χ1n) is 7.80. The molecule has 4 heteroatoms. The maximum absolute atomic E-state index is 13.0. The van der Waals surface area contributed by atoms with Crippen molar-refractivity contribution in [3.63, 3.8) is 0 Å². The second kappa shape index (κ2) is 4.20. The van der Waals surface area contributed by atoms with Gasteiger partial charge in [-0.3, -0.25) is 4.79 Å². The molecule has 3 rings (SSSR count). The molecule has 0 radical (unpaired) electrons. The Morgan fingerprint density at radius 1 is 1.25 bits per heavy atom. The minimum absolute atomic E-state index is 0.170. The van der Waals surface area contributed by atoms with E-state index in [1.165, 1.54) is 6.42 Å². The summed E-state index contributed by atoms with van der Waals surface area (Å²) < 4.78 is 5.46. The summed E-state index contributed by atoms with van der Waals surface area (Å²) in [6.07, 6.45) is 3.47. The van der Waals surface area contributed by atoms with Gasteiger partial charge in [0.1, 0.15) is 0 Å². The highest BCUT2D eigenvalue weighted by Crippen LogP contribution is 2.53. The van der Waals surface area contributed by atoms with Crippen LogP contribution in [0.15, 0.2) is 0 Å². The van der Waals surface area contributed by atoms with Gasteiger partial charge in [0.2, 0.25) is 5.91 Å². The zero-order valence-corrected chi connectivity index (χ0v) is 13.2. The molecule has 2 heterocycles. The molecule has 2 aliphatic heterocycles. The molecule has 20 heavy (non-hydrogen) atoms. The third-order valence-electron chi connectivity index (χ3n) is 5.68. The number of nitrogens with zero attached hydrogens (tertiary/aromatic N) is 1. The van der Waals surface area contributed by atoms with Crippen LogP contribution in [0.25, 0.3) is 0 Å². The van der Waals surface area contributed by atoms with Crippen LogP contribution in [-0.4, -0.2) is 42.6 Å². The second-order valence-electron chi connectivity index (χ2n) is 8.69. The lowest BCUT2D eigenvalue weighted by molar-refractivity contribution is -0.143. The van der Waals surface area contributed by atoms with E-state index in [2.05, 4.69) is 25.7 Å². The Kier molecular flexibility index (Phi) is 3.01. The third kappa shape index (κ3) is 2.08. The molecule has 0 aromatic carbocycles.